The van der Waals surface area contributed by atoms with Crippen LogP contribution in [0.4, 0.5) is 11.4 Å². The van der Waals surface area contributed by atoms with Gasteiger partial charge in [0.05, 0.1) is 24.6 Å². The van der Waals surface area contributed by atoms with Gasteiger partial charge < -0.3 is 20.3 Å². The van der Waals surface area contributed by atoms with E-state index in [9.17, 15) is 0 Å². The van der Waals surface area contributed by atoms with E-state index in [4.69, 9.17) is 14.9 Å². The summed E-state index contributed by atoms with van der Waals surface area (Å²) >= 11 is 0. The van der Waals surface area contributed by atoms with Gasteiger partial charge in [0.15, 0.2) is 0 Å². The van der Waals surface area contributed by atoms with Crippen LogP contribution in [0.5, 0.6) is 5.75 Å². The highest BCUT2D eigenvalue weighted by Gasteiger charge is 2.02. The van der Waals surface area contributed by atoms with Gasteiger partial charge in [-0.3, -0.25) is 0 Å². The highest BCUT2D eigenvalue weighted by atomic mass is 16.5. The third-order valence-electron chi connectivity index (χ3n) is 4.94. The monoisotopic (exact) mass is 413 g/mol. The standard InChI is InChI=1S/C24H35N3O3/c1-2-21(19-29)25-16-5-3-4-6-18-30-24-13-11-23(12-14-24)27-26-22-9-7-20(8-10-22)15-17-28/h7-14,21,25,28-29H,2-6,15-19H2,1H3. The van der Waals surface area contributed by atoms with Crippen LogP contribution in [0.2, 0.25) is 0 Å². The molecule has 2 rings (SSSR count). The van der Waals surface area contributed by atoms with Crippen LogP contribution in [-0.4, -0.2) is 42.6 Å². The Kier molecular flexibility index (Phi) is 11.7. The lowest BCUT2D eigenvalue weighted by Gasteiger charge is -2.13. The highest BCUT2D eigenvalue weighted by Crippen LogP contribution is 2.22. The summed E-state index contributed by atoms with van der Waals surface area (Å²) in [6, 6.07) is 15.6. The number of nitrogens with zero attached hydrogens (tertiary/aromatic N) is 2. The maximum atomic E-state index is 9.13. The third kappa shape index (κ3) is 9.48. The van der Waals surface area contributed by atoms with Crippen molar-refractivity contribution in [3.63, 3.8) is 0 Å². The molecule has 2 aromatic rings. The highest BCUT2D eigenvalue weighted by molar-refractivity contribution is 5.43. The van der Waals surface area contributed by atoms with Crippen molar-refractivity contribution in [2.75, 3.05) is 26.4 Å². The molecule has 0 saturated heterocycles. The summed E-state index contributed by atoms with van der Waals surface area (Å²) in [6.45, 7) is 4.12. The number of aliphatic hydroxyl groups excluding tert-OH is 2. The molecule has 2 aromatic carbocycles. The van der Waals surface area contributed by atoms with Gasteiger partial charge in [-0.25, -0.2) is 0 Å². The van der Waals surface area contributed by atoms with Gasteiger partial charge in [-0.2, -0.15) is 10.2 Å². The minimum atomic E-state index is 0.150. The molecule has 1 unspecified atom stereocenters. The van der Waals surface area contributed by atoms with Gasteiger partial charge in [0.25, 0.3) is 0 Å². The molecule has 0 spiro atoms. The van der Waals surface area contributed by atoms with Crippen molar-refractivity contribution in [3.05, 3.63) is 54.1 Å². The normalized spacial score (nSPS) is 12.4. The zero-order valence-electron chi connectivity index (χ0n) is 18.0. The molecule has 1 atom stereocenters. The van der Waals surface area contributed by atoms with Crippen LogP contribution in [0.1, 0.15) is 44.6 Å². The number of azo groups is 1. The number of nitrogens with one attached hydrogen (secondary N) is 1. The van der Waals surface area contributed by atoms with Crippen molar-refractivity contribution in [2.24, 2.45) is 10.2 Å². The Bertz CT molecular complexity index is 713. The molecule has 6 heteroatoms. The number of ether oxygens (including phenoxy) is 1. The molecule has 0 radical (unpaired) electrons. The number of rotatable bonds is 15. The van der Waals surface area contributed by atoms with E-state index in [0.717, 1.165) is 54.9 Å². The number of benzene rings is 2. The van der Waals surface area contributed by atoms with Gasteiger partial charge in [0.2, 0.25) is 0 Å². The zero-order valence-corrected chi connectivity index (χ0v) is 18.0. The van der Waals surface area contributed by atoms with E-state index in [-0.39, 0.29) is 19.3 Å². The van der Waals surface area contributed by atoms with Crippen molar-refractivity contribution in [3.8, 4) is 5.75 Å². The summed E-state index contributed by atoms with van der Waals surface area (Å²) in [4.78, 5) is 0. The van der Waals surface area contributed by atoms with Crippen molar-refractivity contribution >= 4 is 11.4 Å². The molecule has 164 valence electrons. The predicted octanol–water partition coefficient (Wildman–Crippen LogP) is 4.94. The molecule has 0 heterocycles. The molecular weight excluding hydrogens is 378 g/mol. The smallest absolute Gasteiger partial charge is 0.119 e. The average molecular weight is 414 g/mol. The van der Waals surface area contributed by atoms with Crippen LogP contribution in [0.3, 0.4) is 0 Å². The Balaban J connectivity index is 1.61. The second-order valence-corrected chi connectivity index (χ2v) is 7.34. The molecule has 0 saturated carbocycles. The number of hydrogen-bond acceptors (Lipinski definition) is 6. The second kappa shape index (κ2) is 14.7. The maximum absolute atomic E-state index is 9.13. The van der Waals surface area contributed by atoms with E-state index in [1.165, 1.54) is 6.42 Å². The molecule has 0 fully saturated rings. The van der Waals surface area contributed by atoms with E-state index < -0.39 is 0 Å². The summed E-state index contributed by atoms with van der Waals surface area (Å²) in [5.74, 6) is 0.845. The topological polar surface area (TPSA) is 86.4 Å². The first-order valence-electron chi connectivity index (χ1n) is 10.9. The van der Waals surface area contributed by atoms with E-state index >= 15 is 0 Å². The first-order chi connectivity index (χ1) is 14.7. The third-order valence-corrected chi connectivity index (χ3v) is 4.94. The Morgan fingerprint density at radius 3 is 2.10 bits per heavy atom. The quantitative estimate of drug-likeness (QED) is 0.285. The average Bonchev–Trinajstić information content (AvgIpc) is 2.79. The summed E-state index contributed by atoms with van der Waals surface area (Å²) in [5, 5.41) is 29.9. The second-order valence-electron chi connectivity index (χ2n) is 7.34. The Morgan fingerprint density at radius 2 is 1.50 bits per heavy atom. The summed E-state index contributed by atoms with van der Waals surface area (Å²) < 4.78 is 5.80. The molecular formula is C24H35N3O3. The zero-order chi connectivity index (χ0) is 21.4. The van der Waals surface area contributed by atoms with E-state index in [1.54, 1.807) is 0 Å². The van der Waals surface area contributed by atoms with Crippen molar-refractivity contribution in [1.29, 1.82) is 0 Å². The lowest BCUT2D eigenvalue weighted by atomic mass is 10.1. The molecule has 0 aliphatic heterocycles. The molecule has 0 bridgehead atoms. The minimum absolute atomic E-state index is 0.150. The summed E-state index contributed by atoms with van der Waals surface area (Å²) in [5.41, 5.74) is 2.65. The van der Waals surface area contributed by atoms with Gasteiger partial charge >= 0.3 is 0 Å². The molecule has 0 amide bonds. The summed E-state index contributed by atoms with van der Waals surface area (Å²) in [7, 11) is 0. The molecule has 0 aromatic heterocycles. The first-order valence-corrected chi connectivity index (χ1v) is 10.9. The van der Waals surface area contributed by atoms with Crippen LogP contribution in [0.15, 0.2) is 58.8 Å². The Hall–Kier alpha value is -2.28. The molecule has 6 nitrogen and oxygen atoms in total. The molecule has 30 heavy (non-hydrogen) atoms. The molecule has 0 aliphatic rings. The largest absolute Gasteiger partial charge is 0.494 e. The van der Waals surface area contributed by atoms with Gasteiger partial charge in [-0.1, -0.05) is 31.9 Å². The van der Waals surface area contributed by atoms with E-state index in [0.29, 0.717) is 13.0 Å². The first kappa shape index (κ1) is 24.0. The van der Waals surface area contributed by atoms with Gasteiger partial charge in [-0.05, 0) is 74.2 Å². The SMILES string of the molecule is CCC(CO)NCCCCCCOc1ccc(N=Nc2ccc(CCO)cc2)cc1. The Labute approximate surface area is 180 Å². The van der Waals surface area contributed by atoms with Crippen LogP contribution < -0.4 is 10.1 Å². The number of unbranched alkanes of at least 4 members (excludes halogenated alkanes) is 3. The maximum Gasteiger partial charge on any atom is 0.119 e. The minimum Gasteiger partial charge on any atom is -0.494 e. The van der Waals surface area contributed by atoms with Crippen LogP contribution in [0, 0.1) is 0 Å². The van der Waals surface area contributed by atoms with Gasteiger partial charge in [0, 0.05) is 12.6 Å². The summed E-state index contributed by atoms with van der Waals surface area (Å²) in [6.07, 6.45) is 6.08. The van der Waals surface area contributed by atoms with Crippen LogP contribution in [0.25, 0.3) is 0 Å². The fourth-order valence-electron chi connectivity index (χ4n) is 3.00. The van der Waals surface area contributed by atoms with E-state index in [2.05, 4.69) is 22.5 Å². The fourth-order valence-corrected chi connectivity index (χ4v) is 3.00. The van der Waals surface area contributed by atoms with Crippen molar-refractivity contribution in [2.45, 2.75) is 51.5 Å². The Morgan fingerprint density at radius 1 is 0.867 bits per heavy atom. The van der Waals surface area contributed by atoms with Crippen LogP contribution >= 0.6 is 0 Å². The lowest BCUT2D eigenvalue weighted by Crippen LogP contribution is -2.32. The van der Waals surface area contributed by atoms with Crippen LogP contribution in [-0.2, 0) is 6.42 Å². The van der Waals surface area contributed by atoms with Gasteiger partial charge in [0.1, 0.15) is 5.75 Å². The lowest BCUT2D eigenvalue weighted by molar-refractivity contribution is 0.238. The number of hydrogen-bond donors (Lipinski definition) is 3. The van der Waals surface area contributed by atoms with Crippen molar-refractivity contribution < 1.29 is 14.9 Å². The fraction of sp³-hybridized carbons (Fsp3) is 0.500. The van der Waals surface area contributed by atoms with E-state index in [1.807, 2.05) is 48.5 Å². The van der Waals surface area contributed by atoms with Crippen molar-refractivity contribution in [1.82, 2.24) is 5.32 Å². The predicted molar refractivity (Wildman–Crippen MR) is 121 cm³/mol. The number of aliphatic hydroxyl groups is 2. The van der Waals surface area contributed by atoms with Gasteiger partial charge in [-0.15, -0.1) is 0 Å². The molecule has 3 N–H and O–H groups in total. The molecule has 0 aliphatic carbocycles.